The van der Waals surface area contributed by atoms with Crippen LogP contribution in [-0.4, -0.2) is 0 Å². The van der Waals surface area contributed by atoms with E-state index in [-0.39, 0.29) is 0 Å². The molecule has 1 N–H and O–H groups in total. The average Bonchev–Trinajstić information content (AvgIpc) is 2.34. The largest absolute Gasteiger partial charge is 0.354 e. The Hall–Kier alpha value is -1.79. The van der Waals surface area contributed by atoms with Gasteiger partial charge in [-0.3, -0.25) is 0 Å². The van der Waals surface area contributed by atoms with E-state index in [1.165, 1.54) is 0 Å². The second-order valence-electron chi connectivity index (χ2n) is 3.74. The molecular weight excluding hydrogens is 276 g/mol. The Bertz CT molecular complexity index is 568. The second-order valence-corrected chi connectivity index (χ2v) is 4.66. The number of aryl methyl sites for hydroxylation is 1. The van der Waals surface area contributed by atoms with Gasteiger partial charge in [0.05, 0.1) is 11.3 Å². The molecule has 0 radical (unpaired) electrons. The molecule has 2 aromatic rings. The molecule has 0 atom stereocenters. The molecule has 17 heavy (non-hydrogen) atoms. The number of benzene rings is 2. The van der Waals surface area contributed by atoms with Gasteiger partial charge in [-0.1, -0.05) is 28.1 Å². The average molecular weight is 287 g/mol. The zero-order chi connectivity index (χ0) is 12.3. The fourth-order valence-electron chi connectivity index (χ4n) is 1.60. The van der Waals surface area contributed by atoms with Gasteiger partial charge in [-0.25, -0.2) is 0 Å². The number of anilines is 2. The lowest BCUT2D eigenvalue weighted by Gasteiger charge is -2.11. The lowest BCUT2D eigenvalue weighted by molar-refractivity contribution is 1.39. The minimum Gasteiger partial charge on any atom is -0.354 e. The summed E-state index contributed by atoms with van der Waals surface area (Å²) in [6.07, 6.45) is 0. The molecule has 84 valence electrons. The van der Waals surface area contributed by atoms with Gasteiger partial charge >= 0.3 is 0 Å². The van der Waals surface area contributed by atoms with Crippen molar-refractivity contribution < 1.29 is 0 Å². The number of para-hydroxylation sites is 1. The number of hydrogen-bond acceptors (Lipinski definition) is 2. The van der Waals surface area contributed by atoms with Crippen molar-refractivity contribution in [2.75, 3.05) is 5.32 Å². The first-order valence-electron chi connectivity index (χ1n) is 5.23. The minimum absolute atomic E-state index is 0.660. The quantitative estimate of drug-likeness (QED) is 0.890. The smallest absolute Gasteiger partial charge is 0.101 e. The summed E-state index contributed by atoms with van der Waals surface area (Å²) in [6.45, 7) is 1.99. The molecule has 0 bridgehead atoms. The molecule has 0 aliphatic carbocycles. The summed E-state index contributed by atoms with van der Waals surface area (Å²) in [5.41, 5.74) is 3.57. The van der Waals surface area contributed by atoms with E-state index in [9.17, 15) is 0 Å². The lowest BCUT2D eigenvalue weighted by Crippen LogP contribution is -1.96. The number of hydrogen-bond donors (Lipinski definition) is 1. The van der Waals surface area contributed by atoms with E-state index < -0.39 is 0 Å². The van der Waals surface area contributed by atoms with Gasteiger partial charge in [-0.2, -0.15) is 5.26 Å². The molecule has 0 fully saturated rings. The van der Waals surface area contributed by atoms with Crippen LogP contribution in [-0.2, 0) is 0 Å². The SMILES string of the molecule is Cc1cccc(C#N)c1Nc1ccc(Br)cc1. The summed E-state index contributed by atoms with van der Waals surface area (Å²) in [5, 5.41) is 12.3. The number of nitriles is 1. The standard InChI is InChI=1S/C14H11BrN2/c1-10-3-2-4-11(9-16)14(10)17-13-7-5-12(15)6-8-13/h2-8,17H,1H3. The molecule has 0 saturated heterocycles. The predicted molar refractivity (Wildman–Crippen MR) is 73.3 cm³/mol. The Morgan fingerprint density at radius 1 is 1.12 bits per heavy atom. The zero-order valence-corrected chi connectivity index (χ0v) is 11.0. The molecule has 2 nitrogen and oxygen atoms in total. The van der Waals surface area contributed by atoms with Gasteiger partial charge in [-0.15, -0.1) is 0 Å². The summed E-state index contributed by atoms with van der Waals surface area (Å²) in [6, 6.07) is 15.8. The molecule has 0 unspecified atom stereocenters. The molecule has 2 aromatic carbocycles. The third kappa shape index (κ3) is 2.66. The van der Waals surface area contributed by atoms with Gasteiger partial charge < -0.3 is 5.32 Å². The summed E-state index contributed by atoms with van der Waals surface area (Å²) in [5.74, 6) is 0. The van der Waals surface area contributed by atoms with E-state index in [2.05, 4.69) is 27.3 Å². The van der Waals surface area contributed by atoms with Crippen LogP contribution in [0.3, 0.4) is 0 Å². The van der Waals surface area contributed by atoms with Crippen LogP contribution in [0.5, 0.6) is 0 Å². The molecule has 0 aliphatic heterocycles. The Balaban J connectivity index is 2.36. The normalized spacial score (nSPS) is 9.71. The van der Waals surface area contributed by atoms with Crippen LogP contribution in [0.25, 0.3) is 0 Å². The second kappa shape index (κ2) is 5.03. The van der Waals surface area contributed by atoms with Gasteiger partial charge in [-0.05, 0) is 42.8 Å². The number of halogens is 1. The van der Waals surface area contributed by atoms with Crippen LogP contribution in [0.1, 0.15) is 11.1 Å². The minimum atomic E-state index is 0.660. The Morgan fingerprint density at radius 2 is 1.82 bits per heavy atom. The van der Waals surface area contributed by atoms with Crippen molar-refractivity contribution in [1.29, 1.82) is 5.26 Å². The van der Waals surface area contributed by atoms with E-state index in [0.717, 1.165) is 21.4 Å². The monoisotopic (exact) mass is 286 g/mol. The van der Waals surface area contributed by atoms with Gasteiger partial charge in [0.25, 0.3) is 0 Å². The fraction of sp³-hybridized carbons (Fsp3) is 0.0714. The van der Waals surface area contributed by atoms with Crippen LogP contribution in [0.2, 0.25) is 0 Å². The molecule has 0 saturated carbocycles. The molecule has 0 aliphatic rings. The Morgan fingerprint density at radius 3 is 2.47 bits per heavy atom. The molecule has 2 rings (SSSR count). The summed E-state index contributed by atoms with van der Waals surface area (Å²) < 4.78 is 1.04. The van der Waals surface area contributed by atoms with Crippen LogP contribution < -0.4 is 5.32 Å². The fourth-order valence-corrected chi connectivity index (χ4v) is 1.87. The highest BCUT2D eigenvalue weighted by Gasteiger charge is 2.04. The van der Waals surface area contributed by atoms with Gasteiger partial charge in [0.1, 0.15) is 6.07 Å². The van der Waals surface area contributed by atoms with Crippen molar-refractivity contribution in [2.24, 2.45) is 0 Å². The summed E-state index contributed by atoms with van der Waals surface area (Å²) in [4.78, 5) is 0. The molecule has 0 amide bonds. The maximum absolute atomic E-state index is 9.07. The highest BCUT2D eigenvalue weighted by Crippen LogP contribution is 2.25. The molecule has 0 spiro atoms. The molecular formula is C14H11BrN2. The van der Waals surface area contributed by atoms with Gasteiger partial charge in [0, 0.05) is 10.2 Å². The van der Waals surface area contributed by atoms with E-state index in [1.807, 2.05) is 49.4 Å². The summed E-state index contributed by atoms with van der Waals surface area (Å²) >= 11 is 3.39. The van der Waals surface area contributed by atoms with Crippen molar-refractivity contribution in [3.63, 3.8) is 0 Å². The molecule has 0 heterocycles. The maximum Gasteiger partial charge on any atom is 0.101 e. The van der Waals surface area contributed by atoms with Gasteiger partial charge in [0.15, 0.2) is 0 Å². The summed E-state index contributed by atoms with van der Waals surface area (Å²) in [7, 11) is 0. The van der Waals surface area contributed by atoms with Crippen LogP contribution in [0.4, 0.5) is 11.4 Å². The number of rotatable bonds is 2. The van der Waals surface area contributed by atoms with Crippen molar-refractivity contribution in [3.8, 4) is 6.07 Å². The third-order valence-corrected chi connectivity index (χ3v) is 3.04. The Labute approximate surface area is 109 Å². The number of nitrogens with one attached hydrogen (secondary N) is 1. The first-order chi connectivity index (χ1) is 8.20. The predicted octanol–water partition coefficient (Wildman–Crippen LogP) is 4.37. The van der Waals surface area contributed by atoms with Crippen molar-refractivity contribution in [2.45, 2.75) is 6.92 Å². The first-order valence-corrected chi connectivity index (χ1v) is 6.02. The maximum atomic E-state index is 9.07. The lowest BCUT2D eigenvalue weighted by atomic mass is 10.1. The first kappa shape index (κ1) is 11.7. The molecule has 0 aromatic heterocycles. The van der Waals surface area contributed by atoms with Gasteiger partial charge in [0.2, 0.25) is 0 Å². The van der Waals surface area contributed by atoms with Crippen molar-refractivity contribution in [1.82, 2.24) is 0 Å². The molecule has 3 heteroatoms. The van der Waals surface area contributed by atoms with E-state index in [1.54, 1.807) is 0 Å². The van der Waals surface area contributed by atoms with Crippen LogP contribution in [0, 0.1) is 18.3 Å². The van der Waals surface area contributed by atoms with Crippen LogP contribution >= 0.6 is 15.9 Å². The van der Waals surface area contributed by atoms with Crippen LogP contribution in [0.15, 0.2) is 46.9 Å². The van der Waals surface area contributed by atoms with E-state index >= 15 is 0 Å². The Kier molecular flexibility index (Phi) is 3.46. The topological polar surface area (TPSA) is 35.8 Å². The van der Waals surface area contributed by atoms with E-state index in [0.29, 0.717) is 5.56 Å². The highest BCUT2D eigenvalue weighted by molar-refractivity contribution is 9.10. The number of nitrogens with zero attached hydrogens (tertiary/aromatic N) is 1. The zero-order valence-electron chi connectivity index (χ0n) is 9.37. The van der Waals surface area contributed by atoms with Crippen molar-refractivity contribution >= 4 is 27.3 Å². The third-order valence-electron chi connectivity index (χ3n) is 2.51. The highest BCUT2D eigenvalue weighted by atomic mass is 79.9. The van der Waals surface area contributed by atoms with Crippen molar-refractivity contribution in [3.05, 3.63) is 58.1 Å². The van der Waals surface area contributed by atoms with E-state index in [4.69, 9.17) is 5.26 Å².